The first kappa shape index (κ1) is 16.0. The van der Waals surface area contributed by atoms with Gasteiger partial charge in [0.25, 0.3) is 0 Å². The molecule has 25 heavy (non-hydrogen) atoms. The number of hydrogen-bond acceptors (Lipinski definition) is 6. The number of aryl methyl sites for hydroxylation is 1. The van der Waals surface area contributed by atoms with E-state index in [0.29, 0.717) is 34.3 Å². The van der Waals surface area contributed by atoms with Gasteiger partial charge in [-0.05, 0) is 43.3 Å². The third kappa shape index (κ3) is 3.90. The molecule has 0 fully saturated rings. The van der Waals surface area contributed by atoms with Crippen molar-refractivity contribution in [1.82, 2.24) is 9.97 Å². The summed E-state index contributed by atoms with van der Waals surface area (Å²) in [4.78, 5) is 8.72. The summed E-state index contributed by atoms with van der Waals surface area (Å²) in [6, 6.07) is 20.3. The maximum Gasteiger partial charge on any atom is 0.136 e. The molecule has 1 aromatic heterocycles. The van der Waals surface area contributed by atoms with Gasteiger partial charge in [-0.3, -0.25) is 0 Å². The zero-order valence-corrected chi connectivity index (χ0v) is 13.5. The van der Waals surface area contributed by atoms with Gasteiger partial charge in [0.05, 0.1) is 22.9 Å². The highest BCUT2D eigenvalue weighted by atomic mass is 15.1. The molecule has 0 spiro atoms. The van der Waals surface area contributed by atoms with Crippen molar-refractivity contribution in [2.24, 2.45) is 0 Å². The van der Waals surface area contributed by atoms with Crippen LogP contribution in [0.4, 0.5) is 23.0 Å². The van der Waals surface area contributed by atoms with E-state index in [9.17, 15) is 5.26 Å². The van der Waals surface area contributed by atoms with Crippen molar-refractivity contribution in [3.63, 3.8) is 0 Å². The zero-order chi connectivity index (χ0) is 17.6. The Balaban J connectivity index is 1.85. The fraction of sp³-hybridized carbons (Fsp3) is 0.0526. The Morgan fingerprint density at radius 1 is 0.840 bits per heavy atom. The van der Waals surface area contributed by atoms with Crippen LogP contribution in [0.25, 0.3) is 0 Å². The van der Waals surface area contributed by atoms with Crippen LogP contribution in [0.2, 0.25) is 0 Å². The topological polar surface area (TPSA) is 97.4 Å². The molecule has 0 radical (unpaired) electrons. The number of nitrogens with zero attached hydrogens (tertiary/aromatic N) is 4. The van der Waals surface area contributed by atoms with Gasteiger partial charge in [-0.1, -0.05) is 12.1 Å². The third-order valence-electron chi connectivity index (χ3n) is 3.43. The van der Waals surface area contributed by atoms with Crippen molar-refractivity contribution in [3.05, 3.63) is 71.5 Å². The second-order valence-electron chi connectivity index (χ2n) is 5.28. The molecule has 3 aromatic rings. The Labute approximate surface area is 145 Å². The number of nitriles is 2. The average Bonchev–Trinajstić information content (AvgIpc) is 2.62. The van der Waals surface area contributed by atoms with Gasteiger partial charge in [0.15, 0.2) is 0 Å². The summed E-state index contributed by atoms with van der Waals surface area (Å²) in [7, 11) is 0. The minimum absolute atomic E-state index is 0.542. The van der Waals surface area contributed by atoms with E-state index in [1.165, 1.54) is 0 Å². The summed E-state index contributed by atoms with van der Waals surface area (Å²) in [5.41, 5.74) is 2.65. The van der Waals surface area contributed by atoms with Gasteiger partial charge in [0, 0.05) is 11.8 Å². The van der Waals surface area contributed by atoms with Crippen LogP contribution in [0, 0.1) is 29.6 Å². The van der Waals surface area contributed by atoms with E-state index >= 15 is 0 Å². The molecule has 0 saturated carbocycles. The Kier molecular flexibility index (Phi) is 4.55. The maximum atomic E-state index is 9.19. The Hall–Kier alpha value is -3.90. The van der Waals surface area contributed by atoms with Crippen LogP contribution >= 0.6 is 0 Å². The van der Waals surface area contributed by atoms with Gasteiger partial charge in [-0.15, -0.1) is 0 Å². The number of aromatic nitrogens is 2. The smallest absolute Gasteiger partial charge is 0.136 e. The van der Waals surface area contributed by atoms with Crippen LogP contribution in [0.1, 0.15) is 17.0 Å². The number of para-hydroxylation sites is 1. The van der Waals surface area contributed by atoms with Gasteiger partial charge in [0.2, 0.25) is 0 Å². The van der Waals surface area contributed by atoms with Crippen molar-refractivity contribution in [2.75, 3.05) is 10.6 Å². The van der Waals surface area contributed by atoms with Crippen LogP contribution in [-0.2, 0) is 0 Å². The van der Waals surface area contributed by atoms with E-state index in [1.54, 1.807) is 31.2 Å². The van der Waals surface area contributed by atoms with Crippen LogP contribution < -0.4 is 10.6 Å². The standard InChI is InChI=1S/C19H14N6/c1-13-22-18(24-16-8-6-14(11-20)7-9-16)10-19(23-13)25-17-5-3-2-4-15(17)12-21/h2-10H,1H3,(H2,22,23,24,25). The van der Waals surface area contributed by atoms with Crippen molar-refractivity contribution in [2.45, 2.75) is 6.92 Å². The number of hydrogen-bond donors (Lipinski definition) is 2. The van der Waals surface area contributed by atoms with Gasteiger partial charge in [-0.2, -0.15) is 10.5 Å². The monoisotopic (exact) mass is 326 g/mol. The third-order valence-corrected chi connectivity index (χ3v) is 3.43. The molecular formula is C19H14N6. The fourth-order valence-corrected chi connectivity index (χ4v) is 2.30. The second kappa shape index (κ2) is 7.12. The molecule has 6 heteroatoms. The quantitative estimate of drug-likeness (QED) is 0.751. The Morgan fingerprint density at radius 3 is 2.20 bits per heavy atom. The molecule has 0 atom stereocenters. The van der Waals surface area contributed by atoms with Gasteiger partial charge < -0.3 is 10.6 Å². The molecule has 0 saturated heterocycles. The summed E-state index contributed by atoms with van der Waals surface area (Å²) in [6.45, 7) is 1.80. The van der Waals surface area contributed by atoms with E-state index < -0.39 is 0 Å². The first-order chi connectivity index (χ1) is 12.2. The number of nitrogens with one attached hydrogen (secondary N) is 2. The first-order valence-corrected chi connectivity index (χ1v) is 7.57. The minimum atomic E-state index is 0.542. The van der Waals surface area contributed by atoms with Crippen molar-refractivity contribution in [3.8, 4) is 12.1 Å². The van der Waals surface area contributed by atoms with Crippen molar-refractivity contribution >= 4 is 23.0 Å². The summed E-state index contributed by atoms with van der Waals surface area (Å²) in [6.07, 6.45) is 0. The van der Waals surface area contributed by atoms with E-state index in [2.05, 4.69) is 32.7 Å². The number of anilines is 4. The molecular weight excluding hydrogens is 312 g/mol. The lowest BCUT2D eigenvalue weighted by molar-refractivity contribution is 1.06. The lowest BCUT2D eigenvalue weighted by Crippen LogP contribution is -2.02. The molecule has 3 rings (SSSR count). The van der Waals surface area contributed by atoms with Crippen LogP contribution in [0.15, 0.2) is 54.6 Å². The SMILES string of the molecule is Cc1nc(Nc2ccc(C#N)cc2)cc(Nc2ccccc2C#N)n1. The fourth-order valence-electron chi connectivity index (χ4n) is 2.30. The summed E-state index contributed by atoms with van der Waals surface area (Å²) >= 11 is 0. The molecule has 2 N–H and O–H groups in total. The highest BCUT2D eigenvalue weighted by Gasteiger charge is 2.06. The second-order valence-corrected chi connectivity index (χ2v) is 5.28. The number of rotatable bonds is 4. The lowest BCUT2D eigenvalue weighted by atomic mass is 10.2. The summed E-state index contributed by atoms with van der Waals surface area (Å²) in [5, 5.41) is 24.4. The maximum absolute atomic E-state index is 9.19. The molecule has 0 unspecified atom stereocenters. The van der Waals surface area contributed by atoms with Crippen LogP contribution in [-0.4, -0.2) is 9.97 Å². The zero-order valence-electron chi connectivity index (χ0n) is 13.5. The van der Waals surface area contributed by atoms with Gasteiger partial charge in [0.1, 0.15) is 23.5 Å². The highest BCUT2D eigenvalue weighted by Crippen LogP contribution is 2.22. The molecule has 0 bridgehead atoms. The molecule has 0 aliphatic heterocycles. The molecule has 120 valence electrons. The highest BCUT2D eigenvalue weighted by molar-refractivity contribution is 5.67. The van der Waals surface area contributed by atoms with Gasteiger partial charge >= 0.3 is 0 Å². The van der Waals surface area contributed by atoms with Gasteiger partial charge in [-0.25, -0.2) is 9.97 Å². The lowest BCUT2D eigenvalue weighted by Gasteiger charge is -2.11. The van der Waals surface area contributed by atoms with Crippen LogP contribution in [0.3, 0.4) is 0 Å². The summed E-state index contributed by atoms with van der Waals surface area (Å²) in [5.74, 6) is 1.80. The van der Waals surface area contributed by atoms with E-state index in [-0.39, 0.29) is 0 Å². The molecule has 0 aliphatic carbocycles. The molecule has 0 aliphatic rings. The molecule has 6 nitrogen and oxygen atoms in total. The van der Waals surface area contributed by atoms with E-state index in [4.69, 9.17) is 5.26 Å². The number of benzene rings is 2. The molecule has 0 amide bonds. The van der Waals surface area contributed by atoms with E-state index in [1.807, 2.05) is 30.3 Å². The molecule has 2 aromatic carbocycles. The predicted octanol–water partition coefficient (Wildman–Crippen LogP) is 4.02. The van der Waals surface area contributed by atoms with Crippen molar-refractivity contribution in [1.29, 1.82) is 10.5 Å². The normalized spacial score (nSPS) is 9.72. The average molecular weight is 326 g/mol. The summed E-state index contributed by atoms with van der Waals surface area (Å²) < 4.78 is 0. The predicted molar refractivity (Wildman–Crippen MR) is 95.6 cm³/mol. The Bertz CT molecular complexity index is 980. The minimum Gasteiger partial charge on any atom is -0.340 e. The van der Waals surface area contributed by atoms with E-state index in [0.717, 1.165) is 5.69 Å². The Morgan fingerprint density at radius 2 is 1.52 bits per heavy atom. The van der Waals surface area contributed by atoms with Crippen LogP contribution in [0.5, 0.6) is 0 Å². The first-order valence-electron chi connectivity index (χ1n) is 7.57. The largest absolute Gasteiger partial charge is 0.340 e. The van der Waals surface area contributed by atoms with Crippen molar-refractivity contribution < 1.29 is 0 Å². The molecule has 1 heterocycles.